The van der Waals surface area contributed by atoms with Gasteiger partial charge in [-0.2, -0.15) is 0 Å². The molecule has 0 spiro atoms. The van der Waals surface area contributed by atoms with Crippen molar-refractivity contribution in [3.05, 3.63) is 94.1 Å². The summed E-state index contributed by atoms with van der Waals surface area (Å²) >= 11 is 0. The molecule has 4 N–H and O–H groups in total. The summed E-state index contributed by atoms with van der Waals surface area (Å²) in [6.07, 6.45) is 4.28. The van der Waals surface area contributed by atoms with Gasteiger partial charge in [-0.3, -0.25) is 0 Å². The molecule has 0 aromatic carbocycles. The highest BCUT2D eigenvalue weighted by molar-refractivity contribution is 5.43. The number of aromatic nitrogens is 4. The molecule has 0 saturated heterocycles. The Morgan fingerprint density at radius 3 is 1.00 bits per heavy atom. The van der Waals surface area contributed by atoms with E-state index in [0.29, 0.717) is 23.7 Å². The molecule has 1 aliphatic heterocycles. The summed E-state index contributed by atoms with van der Waals surface area (Å²) in [5, 5.41) is 0. The second kappa shape index (κ2) is 11.6. The molecule has 2 unspecified atom stereocenters. The van der Waals surface area contributed by atoms with Gasteiger partial charge >= 0.3 is 0 Å². The van der Waals surface area contributed by atoms with E-state index in [1.54, 1.807) is 0 Å². The van der Waals surface area contributed by atoms with Gasteiger partial charge in [-0.25, -0.2) is 0 Å². The quantitative estimate of drug-likeness (QED) is 0.160. The van der Waals surface area contributed by atoms with E-state index in [2.05, 4.69) is 145 Å². The molecular weight excluding hydrogens is 524 g/mol. The maximum atomic E-state index is 4.04. The van der Waals surface area contributed by atoms with Crippen LogP contribution in [0.5, 0.6) is 0 Å². The second-order valence-corrected chi connectivity index (χ2v) is 16.2. The monoisotopic (exact) mass is 582 g/mol. The molecule has 234 valence electrons. The first kappa shape index (κ1) is 31.5. The van der Waals surface area contributed by atoms with Gasteiger partial charge in [0.25, 0.3) is 0 Å². The molecular formula is C39H58N4. The minimum Gasteiger partial charge on any atom is -0.361 e. The number of rotatable bonds is 8. The number of hydrogen-bond donors (Lipinski definition) is 4. The Labute approximate surface area is 261 Å². The van der Waals surface area contributed by atoms with Crippen LogP contribution in [0.2, 0.25) is 0 Å². The van der Waals surface area contributed by atoms with E-state index in [0.717, 1.165) is 25.7 Å². The highest BCUT2D eigenvalue weighted by Crippen LogP contribution is 2.45. The molecule has 0 aliphatic carbocycles. The number of fused-ring (bicyclic) bond motifs is 8. The van der Waals surface area contributed by atoms with E-state index >= 15 is 0 Å². The van der Waals surface area contributed by atoms with Crippen molar-refractivity contribution in [3.8, 4) is 0 Å². The topological polar surface area (TPSA) is 63.2 Å². The summed E-state index contributed by atoms with van der Waals surface area (Å²) in [6, 6.07) is 18.9. The van der Waals surface area contributed by atoms with Crippen molar-refractivity contribution in [3.63, 3.8) is 0 Å². The van der Waals surface area contributed by atoms with Gasteiger partial charge < -0.3 is 19.9 Å². The normalized spacial score (nSPS) is 25.9. The lowest BCUT2D eigenvalue weighted by Gasteiger charge is -2.34. The third-order valence-electron chi connectivity index (χ3n) is 10.3. The smallest absolute Gasteiger partial charge is 0.0478 e. The minimum atomic E-state index is -0.163. The van der Waals surface area contributed by atoms with E-state index in [1.807, 2.05) is 0 Å². The summed E-state index contributed by atoms with van der Waals surface area (Å²) in [5.74, 6) is 2.52. The first-order valence-corrected chi connectivity index (χ1v) is 16.9. The van der Waals surface area contributed by atoms with Crippen LogP contribution in [0.3, 0.4) is 0 Å². The summed E-state index contributed by atoms with van der Waals surface area (Å²) < 4.78 is 0. The second-order valence-electron chi connectivity index (χ2n) is 16.2. The molecule has 4 nitrogen and oxygen atoms in total. The zero-order valence-corrected chi connectivity index (χ0v) is 28.8. The highest BCUT2D eigenvalue weighted by atomic mass is 14.9. The van der Waals surface area contributed by atoms with E-state index in [-0.39, 0.29) is 22.2 Å². The van der Waals surface area contributed by atoms with E-state index in [9.17, 15) is 0 Å². The van der Waals surface area contributed by atoms with Crippen LogP contribution in [-0.4, -0.2) is 19.9 Å². The van der Waals surface area contributed by atoms with Crippen LogP contribution in [-0.2, 0) is 16.2 Å². The predicted molar refractivity (Wildman–Crippen MR) is 182 cm³/mol. The molecule has 43 heavy (non-hydrogen) atoms. The number of nitrogens with one attached hydrogen (secondary N) is 4. The SMILES string of the molecule is CC(C)CC1c2ccc([nH]2)[C@](C)(CC(C)C)c2ccc([nH]2)C(C)(CC(C)C)c2ccc([nH]2)[C@](C)(CC(C)C)c2ccc1[nH]2. The van der Waals surface area contributed by atoms with Crippen LogP contribution in [0.15, 0.2) is 48.5 Å². The molecule has 8 bridgehead atoms. The molecule has 5 rings (SSSR count). The predicted octanol–water partition coefficient (Wildman–Crippen LogP) is 10.5. The first-order valence-electron chi connectivity index (χ1n) is 16.9. The summed E-state index contributed by atoms with van der Waals surface area (Å²) in [4.78, 5) is 16.1. The molecule has 0 saturated carbocycles. The third-order valence-corrected chi connectivity index (χ3v) is 10.3. The van der Waals surface area contributed by atoms with Crippen LogP contribution in [0.1, 0.15) is 153 Å². The molecule has 0 fully saturated rings. The third kappa shape index (κ3) is 5.83. The Balaban J connectivity index is 1.79. The average molecular weight is 583 g/mol. The first-order chi connectivity index (χ1) is 20.2. The van der Waals surface area contributed by atoms with Crippen LogP contribution >= 0.6 is 0 Å². The zero-order chi connectivity index (χ0) is 31.3. The lowest BCUT2D eigenvalue weighted by Crippen LogP contribution is -2.31. The van der Waals surface area contributed by atoms with Gasteiger partial charge in [0.05, 0.1) is 0 Å². The van der Waals surface area contributed by atoms with Gasteiger partial charge in [0.1, 0.15) is 0 Å². The largest absolute Gasteiger partial charge is 0.361 e. The Morgan fingerprint density at radius 2 is 0.721 bits per heavy atom. The number of H-pyrrole nitrogens is 4. The van der Waals surface area contributed by atoms with Gasteiger partial charge in [-0.15, -0.1) is 0 Å². The van der Waals surface area contributed by atoms with E-state index in [1.165, 1.54) is 45.6 Å². The summed E-state index contributed by atoms with van der Waals surface area (Å²) in [6.45, 7) is 26.0. The molecule has 1 aliphatic rings. The van der Waals surface area contributed by atoms with Crippen molar-refractivity contribution in [1.82, 2.24) is 19.9 Å². The molecule has 0 radical (unpaired) electrons. The average Bonchev–Trinajstić information content (AvgIpc) is 3.72. The maximum Gasteiger partial charge on any atom is 0.0478 e. The van der Waals surface area contributed by atoms with Gasteiger partial charge in [0, 0.05) is 67.7 Å². The molecule has 5 heterocycles. The fraction of sp³-hybridized carbons (Fsp3) is 0.590. The molecule has 4 heteroatoms. The fourth-order valence-electron chi connectivity index (χ4n) is 8.39. The van der Waals surface area contributed by atoms with Gasteiger partial charge in [0.15, 0.2) is 0 Å². The molecule has 4 aromatic rings. The number of hydrogen-bond acceptors (Lipinski definition) is 0. The Morgan fingerprint density at radius 1 is 0.442 bits per heavy atom. The Bertz CT molecular complexity index is 1400. The maximum absolute atomic E-state index is 4.04. The van der Waals surface area contributed by atoms with Gasteiger partial charge in [-0.1, -0.05) is 55.4 Å². The van der Waals surface area contributed by atoms with Crippen molar-refractivity contribution in [2.24, 2.45) is 23.7 Å². The highest BCUT2D eigenvalue weighted by Gasteiger charge is 2.40. The van der Waals surface area contributed by atoms with Crippen LogP contribution in [0, 0.1) is 23.7 Å². The molecule has 4 aromatic heterocycles. The molecule has 0 amide bonds. The lowest BCUT2D eigenvalue weighted by molar-refractivity contribution is 0.391. The van der Waals surface area contributed by atoms with Gasteiger partial charge in [-0.05, 0) is 119 Å². The Hall–Kier alpha value is -2.88. The summed E-state index contributed by atoms with van der Waals surface area (Å²) in [5.41, 5.74) is 9.93. The van der Waals surface area contributed by atoms with Gasteiger partial charge in [0.2, 0.25) is 0 Å². The lowest BCUT2D eigenvalue weighted by atomic mass is 9.76. The van der Waals surface area contributed by atoms with Crippen molar-refractivity contribution in [2.75, 3.05) is 0 Å². The van der Waals surface area contributed by atoms with Crippen LogP contribution < -0.4 is 0 Å². The van der Waals surface area contributed by atoms with E-state index in [4.69, 9.17) is 0 Å². The van der Waals surface area contributed by atoms with Crippen LogP contribution in [0.4, 0.5) is 0 Å². The Kier molecular flexibility index (Phi) is 8.48. The summed E-state index contributed by atoms with van der Waals surface area (Å²) in [7, 11) is 0. The van der Waals surface area contributed by atoms with Crippen molar-refractivity contribution >= 4 is 0 Å². The van der Waals surface area contributed by atoms with Crippen molar-refractivity contribution < 1.29 is 0 Å². The van der Waals surface area contributed by atoms with E-state index < -0.39 is 0 Å². The van der Waals surface area contributed by atoms with Crippen LogP contribution in [0.25, 0.3) is 0 Å². The standard InChI is InChI=1S/C39H58N4/c1-24(2)20-28-29-12-14-31(40-29)37(9,21-25(3)4)33-16-18-35(42-33)39(11,23-27(7)8)36-19-17-34(43-36)38(10,22-26(5)6)32-15-13-30(28)41-32/h12-19,24-28,40-43H,20-23H2,1-11H3/t28?,37-,38+,39?. The van der Waals surface area contributed by atoms with Crippen molar-refractivity contribution in [2.45, 2.75) is 124 Å². The van der Waals surface area contributed by atoms with Crippen molar-refractivity contribution in [1.29, 1.82) is 0 Å². The molecule has 4 atom stereocenters. The zero-order valence-electron chi connectivity index (χ0n) is 28.8. The fourth-order valence-corrected chi connectivity index (χ4v) is 8.39. The minimum absolute atomic E-state index is 0.152. The number of aromatic amines is 4.